The molecule has 0 saturated carbocycles. The second-order valence-corrected chi connectivity index (χ2v) is 4.91. The largest absolute Gasteiger partial charge is 0.466 e. The van der Waals surface area contributed by atoms with Gasteiger partial charge in [0.15, 0.2) is 0 Å². The van der Waals surface area contributed by atoms with Crippen molar-refractivity contribution < 1.29 is 19.1 Å². The van der Waals surface area contributed by atoms with Crippen LogP contribution in [0.3, 0.4) is 0 Å². The third kappa shape index (κ3) is 3.36. The Bertz CT molecular complexity index is 433. The number of amides is 1. The van der Waals surface area contributed by atoms with E-state index in [2.05, 4.69) is 0 Å². The summed E-state index contributed by atoms with van der Waals surface area (Å²) in [6.45, 7) is 5.47. The Labute approximate surface area is 113 Å². The molecule has 0 radical (unpaired) electrons. The summed E-state index contributed by atoms with van der Waals surface area (Å²) in [6.07, 6.45) is 1.80. The van der Waals surface area contributed by atoms with Gasteiger partial charge in [0.1, 0.15) is 11.5 Å². The van der Waals surface area contributed by atoms with Crippen molar-refractivity contribution in [3.63, 3.8) is 0 Å². The van der Waals surface area contributed by atoms with Gasteiger partial charge in [0.25, 0.3) is 5.91 Å². The average Bonchev–Trinajstić information content (AvgIpc) is 2.75. The fourth-order valence-electron chi connectivity index (χ4n) is 2.46. The maximum atomic E-state index is 12.3. The van der Waals surface area contributed by atoms with Gasteiger partial charge < -0.3 is 19.2 Å². The van der Waals surface area contributed by atoms with Gasteiger partial charge in [-0.1, -0.05) is 0 Å². The van der Waals surface area contributed by atoms with E-state index in [1.807, 2.05) is 18.7 Å². The number of aliphatic hydroxyl groups is 1. The third-order valence-corrected chi connectivity index (χ3v) is 3.45. The molecule has 1 N–H and O–H groups in total. The van der Waals surface area contributed by atoms with Gasteiger partial charge in [-0.3, -0.25) is 4.79 Å². The topological polar surface area (TPSA) is 62.9 Å². The highest BCUT2D eigenvalue weighted by atomic mass is 16.5. The van der Waals surface area contributed by atoms with Crippen LogP contribution in [0.25, 0.3) is 0 Å². The third-order valence-electron chi connectivity index (χ3n) is 3.45. The molecule has 2 heterocycles. The fourth-order valence-corrected chi connectivity index (χ4v) is 2.46. The van der Waals surface area contributed by atoms with Crippen molar-refractivity contribution in [3.8, 4) is 0 Å². The Morgan fingerprint density at radius 3 is 2.68 bits per heavy atom. The number of hydrogen-bond acceptors (Lipinski definition) is 4. The van der Waals surface area contributed by atoms with E-state index in [9.17, 15) is 4.79 Å². The smallest absolute Gasteiger partial charge is 0.257 e. The Balaban J connectivity index is 1.91. The molecule has 1 amide bonds. The second-order valence-electron chi connectivity index (χ2n) is 4.91. The van der Waals surface area contributed by atoms with E-state index < -0.39 is 0 Å². The van der Waals surface area contributed by atoms with Crippen LogP contribution in [-0.4, -0.2) is 48.3 Å². The van der Waals surface area contributed by atoms with Crippen LogP contribution in [0.4, 0.5) is 0 Å². The predicted octanol–water partition coefficient (Wildman–Crippen LogP) is 1.51. The van der Waals surface area contributed by atoms with Crippen molar-refractivity contribution in [1.82, 2.24) is 4.90 Å². The molecule has 1 aliphatic heterocycles. The number of hydrogen-bond donors (Lipinski definition) is 1. The van der Waals surface area contributed by atoms with E-state index in [1.165, 1.54) is 0 Å². The maximum Gasteiger partial charge on any atom is 0.257 e. The number of carbonyl (C=O) groups is 1. The van der Waals surface area contributed by atoms with Gasteiger partial charge >= 0.3 is 0 Å². The summed E-state index contributed by atoms with van der Waals surface area (Å²) in [5.74, 6) is 1.48. The van der Waals surface area contributed by atoms with E-state index in [0.717, 1.165) is 18.6 Å². The van der Waals surface area contributed by atoms with E-state index in [0.29, 0.717) is 31.0 Å². The van der Waals surface area contributed by atoms with Crippen molar-refractivity contribution in [2.45, 2.75) is 32.8 Å². The number of carbonyl (C=O) groups excluding carboxylic acids is 1. The molecule has 1 fully saturated rings. The minimum atomic E-state index is 0.0370. The highest BCUT2D eigenvalue weighted by molar-refractivity contribution is 5.95. The molecule has 0 bridgehead atoms. The minimum Gasteiger partial charge on any atom is -0.466 e. The highest BCUT2D eigenvalue weighted by Gasteiger charge is 2.26. The number of aryl methyl sites for hydroxylation is 2. The normalized spacial score (nSPS) is 16.9. The summed E-state index contributed by atoms with van der Waals surface area (Å²) in [5.41, 5.74) is 0.659. The van der Waals surface area contributed by atoms with Crippen LogP contribution in [0, 0.1) is 13.8 Å². The lowest BCUT2D eigenvalue weighted by Gasteiger charge is -2.31. The lowest BCUT2D eigenvalue weighted by molar-refractivity contribution is -0.00556. The number of nitrogens with zero attached hydrogens (tertiary/aromatic N) is 1. The van der Waals surface area contributed by atoms with Crippen LogP contribution in [0.15, 0.2) is 10.5 Å². The van der Waals surface area contributed by atoms with Crippen LogP contribution < -0.4 is 0 Å². The monoisotopic (exact) mass is 267 g/mol. The molecule has 0 aromatic carbocycles. The van der Waals surface area contributed by atoms with E-state index >= 15 is 0 Å². The van der Waals surface area contributed by atoms with Crippen molar-refractivity contribution in [2.75, 3.05) is 26.3 Å². The molecule has 0 atom stereocenters. The number of ether oxygens (including phenoxy) is 1. The molecule has 0 unspecified atom stereocenters. The summed E-state index contributed by atoms with van der Waals surface area (Å²) < 4.78 is 10.9. The van der Waals surface area contributed by atoms with E-state index in [1.54, 1.807) is 6.07 Å². The van der Waals surface area contributed by atoms with Gasteiger partial charge in [0.2, 0.25) is 0 Å². The number of rotatable bonds is 4. The van der Waals surface area contributed by atoms with E-state index in [4.69, 9.17) is 14.3 Å². The summed E-state index contributed by atoms with van der Waals surface area (Å²) in [4.78, 5) is 14.2. The van der Waals surface area contributed by atoms with Gasteiger partial charge in [0.05, 0.1) is 24.9 Å². The molecule has 106 valence electrons. The van der Waals surface area contributed by atoms with Gasteiger partial charge in [0, 0.05) is 13.1 Å². The molecule has 0 spiro atoms. The van der Waals surface area contributed by atoms with Crippen molar-refractivity contribution in [1.29, 1.82) is 0 Å². The fraction of sp³-hybridized carbons (Fsp3) is 0.643. The lowest BCUT2D eigenvalue weighted by Crippen LogP contribution is -2.41. The Morgan fingerprint density at radius 2 is 2.16 bits per heavy atom. The van der Waals surface area contributed by atoms with Crippen molar-refractivity contribution >= 4 is 5.91 Å². The molecular weight excluding hydrogens is 246 g/mol. The van der Waals surface area contributed by atoms with Gasteiger partial charge in [-0.15, -0.1) is 0 Å². The first-order valence-electron chi connectivity index (χ1n) is 6.70. The molecule has 1 saturated heterocycles. The Morgan fingerprint density at radius 1 is 1.47 bits per heavy atom. The molecular formula is C14H21NO4. The first-order valence-corrected chi connectivity index (χ1v) is 6.70. The summed E-state index contributed by atoms with van der Waals surface area (Å²) in [7, 11) is 0. The zero-order chi connectivity index (χ0) is 13.8. The number of likely N-dealkylation sites (tertiary alicyclic amines) is 1. The molecule has 0 aliphatic carbocycles. The zero-order valence-corrected chi connectivity index (χ0v) is 11.5. The van der Waals surface area contributed by atoms with Crippen molar-refractivity contribution in [2.24, 2.45) is 0 Å². The van der Waals surface area contributed by atoms with Gasteiger partial charge in [-0.25, -0.2) is 0 Å². The predicted molar refractivity (Wildman–Crippen MR) is 70.1 cm³/mol. The Hall–Kier alpha value is -1.33. The molecule has 1 aliphatic rings. The van der Waals surface area contributed by atoms with Crippen LogP contribution in [0.2, 0.25) is 0 Å². The molecule has 19 heavy (non-hydrogen) atoms. The second kappa shape index (κ2) is 6.21. The Kier molecular flexibility index (Phi) is 4.61. The summed E-state index contributed by atoms with van der Waals surface area (Å²) >= 11 is 0. The highest BCUT2D eigenvalue weighted by Crippen LogP contribution is 2.20. The summed E-state index contributed by atoms with van der Waals surface area (Å²) in [6, 6.07) is 1.80. The summed E-state index contributed by atoms with van der Waals surface area (Å²) in [5, 5.41) is 8.72. The van der Waals surface area contributed by atoms with Gasteiger partial charge in [-0.05, 0) is 32.8 Å². The van der Waals surface area contributed by atoms with Crippen LogP contribution in [-0.2, 0) is 4.74 Å². The zero-order valence-electron chi connectivity index (χ0n) is 11.5. The van der Waals surface area contributed by atoms with Gasteiger partial charge in [-0.2, -0.15) is 0 Å². The molecule has 1 aromatic heterocycles. The number of aliphatic hydroxyl groups excluding tert-OH is 1. The lowest BCUT2D eigenvalue weighted by atomic mass is 10.1. The average molecular weight is 267 g/mol. The van der Waals surface area contributed by atoms with Crippen LogP contribution >= 0.6 is 0 Å². The molecule has 5 nitrogen and oxygen atoms in total. The maximum absolute atomic E-state index is 12.3. The first kappa shape index (κ1) is 14.1. The van der Waals surface area contributed by atoms with E-state index in [-0.39, 0.29) is 18.6 Å². The van der Waals surface area contributed by atoms with Crippen LogP contribution in [0.1, 0.15) is 34.7 Å². The standard InChI is InChI=1S/C14H21NO4/c1-10-9-13(11(2)19-10)14(17)15-5-3-12(4-6-15)18-8-7-16/h9,12,16H,3-8H2,1-2H3. The van der Waals surface area contributed by atoms with Crippen molar-refractivity contribution in [3.05, 3.63) is 23.2 Å². The number of furan rings is 1. The minimum absolute atomic E-state index is 0.0370. The van der Waals surface area contributed by atoms with Crippen LogP contribution in [0.5, 0.6) is 0 Å². The molecule has 1 aromatic rings. The molecule has 2 rings (SSSR count). The first-order chi connectivity index (χ1) is 9.11. The molecule has 5 heteroatoms. The number of piperidine rings is 1. The quantitative estimate of drug-likeness (QED) is 0.898. The SMILES string of the molecule is Cc1cc(C(=O)N2CCC(OCCO)CC2)c(C)o1.